The second kappa shape index (κ2) is 13.7. The molecule has 1 N–H and O–H groups in total. The van der Waals surface area contributed by atoms with E-state index >= 15 is 4.39 Å². The van der Waals surface area contributed by atoms with E-state index in [2.05, 4.69) is 20.3 Å². The van der Waals surface area contributed by atoms with E-state index in [9.17, 15) is 9.59 Å². The number of halogens is 1. The van der Waals surface area contributed by atoms with E-state index in [1.165, 1.54) is 48.9 Å². The number of fused-ring (bicyclic) bond motifs is 2. The first-order chi connectivity index (χ1) is 23.4. The zero-order chi connectivity index (χ0) is 34.9. The van der Waals surface area contributed by atoms with Gasteiger partial charge in [-0.3, -0.25) is 5.32 Å². The number of hydrogen-bond donors (Lipinski definition) is 1. The molecule has 6 rings (SSSR count). The highest BCUT2D eigenvalue weighted by molar-refractivity contribution is 7.21. The van der Waals surface area contributed by atoms with Gasteiger partial charge in [0, 0.05) is 36.7 Å². The number of thiazole rings is 1. The average Bonchev–Trinajstić information content (AvgIpc) is 3.46. The predicted octanol–water partition coefficient (Wildman–Crippen LogP) is 6.77. The van der Waals surface area contributed by atoms with Gasteiger partial charge >= 0.3 is 12.2 Å². The lowest BCUT2D eigenvalue weighted by atomic mass is 10.0. The van der Waals surface area contributed by atoms with E-state index in [0.29, 0.717) is 43.7 Å². The molecule has 3 aromatic heterocycles. The second-order valence-electron chi connectivity index (χ2n) is 12.4. The molecule has 0 aliphatic carbocycles. The van der Waals surface area contributed by atoms with Crippen molar-refractivity contribution in [3.05, 3.63) is 60.2 Å². The highest BCUT2D eigenvalue weighted by atomic mass is 32.1. The van der Waals surface area contributed by atoms with Gasteiger partial charge in [0.2, 0.25) is 11.8 Å². The summed E-state index contributed by atoms with van der Waals surface area (Å²) in [5.74, 6) is 0.0359. The minimum atomic E-state index is -0.925. The van der Waals surface area contributed by atoms with E-state index in [1.807, 2.05) is 19.1 Å². The zero-order valence-electron chi connectivity index (χ0n) is 27.8. The number of methoxy groups -OCH3 is 2. The van der Waals surface area contributed by atoms with Gasteiger partial charge < -0.3 is 28.6 Å². The average molecular weight is 691 g/mol. The van der Waals surface area contributed by atoms with Crippen molar-refractivity contribution in [1.29, 1.82) is 0 Å². The molecule has 2 amide bonds. The summed E-state index contributed by atoms with van der Waals surface area (Å²) >= 11 is 1.34. The number of piperidine rings is 1. The minimum Gasteiger partial charge on any atom is -0.482 e. The van der Waals surface area contributed by atoms with E-state index in [4.69, 9.17) is 28.7 Å². The highest BCUT2D eigenvalue weighted by Crippen LogP contribution is 2.37. The third-order valence-electron chi connectivity index (χ3n) is 7.53. The van der Waals surface area contributed by atoms with Gasteiger partial charge in [-0.05, 0) is 51.5 Å². The second-order valence-corrected chi connectivity index (χ2v) is 13.4. The van der Waals surface area contributed by atoms with Crippen LogP contribution in [0.5, 0.6) is 17.5 Å². The molecule has 0 bridgehead atoms. The van der Waals surface area contributed by atoms with Crippen molar-refractivity contribution in [3.63, 3.8) is 0 Å². The molecule has 5 aromatic rings. The quantitative estimate of drug-likeness (QED) is 0.193. The molecule has 0 unspecified atom stereocenters. The van der Waals surface area contributed by atoms with Gasteiger partial charge in [0.1, 0.15) is 16.7 Å². The van der Waals surface area contributed by atoms with Crippen LogP contribution in [0.3, 0.4) is 0 Å². The summed E-state index contributed by atoms with van der Waals surface area (Å²) in [4.78, 5) is 45.2. The number of ether oxygens (including phenoxy) is 5. The molecule has 1 fully saturated rings. The molecule has 1 aliphatic heterocycles. The van der Waals surface area contributed by atoms with Crippen molar-refractivity contribution in [1.82, 2.24) is 24.8 Å². The first-order valence-electron chi connectivity index (χ1n) is 15.4. The number of pyridine rings is 1. The minimum absolute atomic E-state index is 0.0141. The predicted molar refractivity (Wildman–Crippen MR) is 181 cm³/mol. The molecule has 49 heavy (non-hydrogen) atoms. The monoisotopic (exact) mass is 690 g/mol. The van der Waals surface area contributed by atoms with Crippen LogP contribution in [0.1, 0.15) is 32.8 Å². The molecule has 0 saturated carbocycles. The largest absolute Gasteiger partial charge is 0.482 e. The van der Waals surface area contributed by atoms with Crippen LogP contribution < -0.4 is 19.5 Å². The first-order valence-corrected chi connectivity index (χ1v) is 16.2. The highest BCUT2D eigenvalue weighted by Gasteiger charge is 2.38. The standard InChI is InChI=1S/C34H35FN6O7S/c1-18-11-20(30-23(12-18)39-29(45-6)16-37-30)31-40-22-13-21(35)25(14-27(22)49-31)46-26-17-41(33(43)48-34(2,3)4)10-9-24(26)47-32(42)38-19-7-8-28(44-5)36-15-19/h7-8,11-16,24,26H,9-10,17H2,1-6H3,(H,38,42)/t24-,26+/m0/s1. The number of nitrogens with one attached hydrogen (secondary N) is 1. The Morgan fingerprint density at radius 3 is 2.49 bits per heavy atom. The lowest BCUT2D eigenvalue weighted by Crippen LogP contribution is -2.54. The van der Waals surface area contributed by atoms with Crippen LogP contribution in [-0.4, -0.2) is 82.1 Å². The van der Waals surface area contributed by atoms with Crippen molar-refractivity contribution >= 4 is 50.5 Å². The molecule has 0 radical (unpaired) electrons. The van der Waals surface area contributed by atoms with Crippen LogP contribution in [0, 0.1) is 12.7 Å². The number of anilines is 1. The molecule has 1 saturated heterocycles. The van der Waals surface area contributed by atoms with E-state index in [0.717, 1.165) is 11.1 Å². The number of carbonyl (C=O) groups excluding carboxylic acids is 2. The number of likely N-dealkylation sites (tertiary alicyclic amines) is 1. The summed E-state index contributed by atoms with van der Waals surface area (Å²) in [6.45, 7) is 7.47. The number of nitrogens with zero attached hydrogens (tertiary/aromatic N) is 5. The Bertz CT molecular complexity index is 2020. The van der Waals surface area contributed by atoms with Crippen LogP contribution in [0.2, 0.25) is 0 Å². The van der Waals surface area contributed by atoms with Gasteiger partial charge in [0.05, 0.1) is 60.1 Å². The van der Waals surface area contributed by atoms with E-state index in [-0.39, 0.29) is 25.3 Å². The molecule has 2 atom stereocenters. The van der Waals surface area contributed by atoms with Crippen molar-refractivity contribution < 1.29 is 37.7 Å². The van der Waals surface area contributed by atoms with Gasteiger partial charge in [0.25, 0.3) is 0 Å². The van der Waals surface area contributed by atoms with Crippen LogP contribution in [0.25, 0.3) is 31.8 Å². The Kier molecular flexibility index (Phi) is 9.37. The van der Waals surface area contributed by atoms with Gasteiger partial charge in [-0.25, -0.2) is 33.9 Å². The third-order valence-corrected chi connectivity index (χ3v) is 8.58. The third kappa shape index (κ3) is 7.72. The topological polar surface area (TPSA) is 147 Å². The number of hydrogen-bond acceptors (Lipinski definition) is 12. The number of aryl methyl sites for hydroxylation is 1. The van der Waals surface area contributed by atoms with Gasteiger partial charge in [-0.1, -0.05) is 0 Å². The Labute approximate surface area is 285 Å². The summed E-state index contributed by atoms with van der Waals surface area (Å²) in [6, 6.07) is 9.93. The van der Waals surface area contributed by atoms with Crippen LogP contribution in [-0.2, 0) is 9.47 Å². The SMILES string of the molecule is COc1ccc(NC(=O)O[C@H]2CCN(C(=O)OC(C)(C)C)C[C@H]2Oc2cc3sc(-c4cc(C)cc5nc(OC)cnc45)nc3cc2F)cn1. The molecule has 2 aromatic carbocycles. The molecule has 4 heterocycles. The fourth-order valence-electron chi connectivity index (χ4n) is 5.30. The summed E-state index contributed by atoms with van der Waals surface area (Å²) in [7, 11) is 3.01. The number of benzene rings is 2. The lowest BCUT2D eigenvalue weighted by molar-refractivity contribution is -0.0407. The molecule has 0 spiro atoms. The van der Waals surface area contributed by atoms with Crippen LogP contribution >= 0.6 is 11.3 Å². The van der Waals surface area contributed by atoms with Crippen molar-refractivity contribution in [2.24, 2.45) is 0 Å². The maximum Gasteiger partial charge on any atom is 0.412 e. The fraction of sp³-hybridized carbons (Fsp3) is 0.353. The van der Waals surface area contributed by atoms with Crippen LogP contribution in [0.4, 0.5) is 19.7 Å². The molecule has 1 aliphatic rings. The molecule has 15 heteroatoms. The van der Waals surface area contributed by atoms with Crippen molar-refractivity contribution in [3.8, 4) is 28.1 Å². The summed E-state index contributed by atoms with van der Waals surface area (Å²) in [5, 5.41) is 3.25. The van der Waals surface area contributed by atoms with Gasteiger partial charge in [-0.15, -0.1) is 11.3 Å². The maximum atomic E-state index is 15.7. The first kappa shape index (κ1) is 33.6. The summed E-state index contributed by atoms with van der Waals surface area (Å²) in [5.41, 5.74) is 3.07. The Hall–Kier alpha value is -5.31. The molecule has 256 valence electrons. The van der Waals surface area contributed by atoms with Crippen LogP contribution in [0.15, 0.2) is 48.8 Å². The van der Waals surface area contributed by atoms with E-state index < -0.39 is 35.8 Å². The van der Waals surface area contributed by atoms with E-state index in [1.54, 1.807) is 39.0 Å². The molecular formula is C34H35FN6O7S. The fourth-order valence-corrected chi connectivity index (χ4v) is 6.30. The lowest BCUT2D eigenvalue weighted by Gasteiger charge is -2.38. The number of amides is 2. The van der Waals surface area contributed by atoms with Gasteiger partial charge in [-0.2, -0.15) is 0 Å². The Morgan fingerprint density at radius 2 is 1.78 bits per heavy atom. The van der Waals surface area contributed by atoms with Gasteiger partial charge in [0.15, 0.2) is 17.7 Å². The number of aromatic nitrogens is 4. The number of rotatable bonds is 7. The normalized spacial score (nSPS) is 16.3. The summed E-state index contributed by atoms with van der Waals surface area (Å²) < 4.78 is 44.2. The summed E-state index contributed by atoms with van der Waals surface area (Å²) in [6.07, 6.45) is 0.123. The molecular weight excluding hydrogens is 655 g/mol. The van der Waals surface area contributed by atoms with Crippen molar-refractivity contribution in [2.45, 2.75) is 51.9 Å². The maximum absolute atomic E-state index is 15.7. The Balaban J connectivity index is 1.27. The smallest absolute Gasteiger partial charge is 0.412 e. The number of carbonyl (C=O) groups is 2. The Morgan fingerprint density at radius 1 is 0.980 bits per heavy atom. The van der Waals surface area contributed by atoms with Crippen molar-refractivity contribution in [2.75, 3.05) is 32.6 Å². The molecule has 13 nitrogen and oxygen atoms in total. The zero-order valence-corrected chi connectivity index (χ0v) is 28.6.